The first-order chi connectivity index (χ1) is 8.91. The number of rotatable bonds is 3. The van der Waals surface area contributed by atoms with Crippen LogP contribution in [-0.2, 0) is 0 Å². The quantitative estimate of drug-likeness (QED) is 0.675. The van der Waals surface area contributed by atoms with E-state index >= 15 is 0 Å². The fraction of sp³-hybridized carbons (Fsp3) is 0.615. The molecule has 0 saturated heterocycles. The standard InChI is InChI=1S/C13H18BrN3O2/c1-7-4-5-10(8(7)2)16-13-12(14)9(3)11(6-15-13)17(18)19/h6-8,10H,4-5H2,1-3H3,(H,15,16). The first-order valence-corrected chi connectivity index (χ1v) is 7.27. The van der Waals surface area contributed by atoms with Crippen molar-refractivity contribution in [2.45, 2.75) is 39.7 Å². The Bertz CT molecular complexity index is 507. The molecule has 3 unspecified atom stereocenters. The van der Waals surface area contributed by atoms with Crippen molar-refractivity contribution in [2.24, 2.45) is 11.8 Å². The average Bonchev–Trinajstić information content (AvgIpc) is 2.66. The largest absolute Gasteiger partial charge is 0.366 e. The van der Waals surface area contributed by atoms with Gasteiger partial charge in [0.25, 0.3) is 5.69 Å². The van der Waals surface area contributed by atoms with E-state index in [0.717, 1.165) is 6.42 Å². The lowest BCUT2D eigenvalue weighted by atomic mass is 9.98. The summed E-state index contributed by atoms with van der Waals surface area (Å²) in [5, 5.41) is 14.3. The molecule has 0 spiro atoms. The Labute approximate surface area is 121 Å². The van der Waals surface area contributed by atoms with E-state index in [9.17, 15) is 10.1 Å². The van der Waals surface area contributed by atoms with Crippen LogP contribution in [0.3, 0.4) is 0 Å². The number of nitrogens with one attached hydrogen (secondary N) is 1. The summed E-state index contributed by atoms with van der Waals surface area (Å²) >= 11 is 3.41. The van der Waals surface area contributed by atoms with Crippen LogP contribution >= 0.6 is 15.9 Å². The number of aromatic nitrogens is 1. The van der Waals surface area contributed by atoms with Gasteiger partial charge in [-0.1, -0.05) is 13.8 Å². The summed E-state index contributed by atoms with van der Waals surface area (Å²) in [5.41, 5.74) is 0.659. The number of nitrogens with zero attached hydrogens (tertiary/aromatic N) is 2. The van der Waals surface area contributed by atoms with Crippen molar-refractivity contribution in [1.82, 2.24) is 4.98 Å². The third kappa shape index (κ3) is 2.73. The highest BCUT2D eigenvalue weighted by atomic mass is 79.9. The Kier molecular flexibility index (Phi) is 4.08. The maximum absolute atomic E-state index is 10.8. The number of pyridine rings is 1. The van der Waals surface area contributed by atoms with Crippen molar-refractivity contribution in [3.05, 3.63) is 26.3 Å². The zero-order valence-electron chi connectivity index (χ0n) is 11.3. The van der Waals surface area contributed by atoms with E-state index in [2.05, 4.69) is 40.1 Å². The molecule has 0 aliphatic heterocycles. The van der Waals surface area contributed by atoms with Gasteiger partial charge in [0.2, 0.25) is 0 Å². The second-order valence-corrected chi connectivity index (χ2v) is 6.15. The van der Waals surface area contributed by atoms with E-state index < -0.39 is 4.92 Å². The van der Waals surface area contributed by atoms with Gasteiger partial charge in [0.1, 0.15) is 12.0 Å². The highest BCUT2D eigenvalue weighted by Gasteiger charge is 2.30. The minimum absolute atomic E-state index is 0.0465. The lowest BCUT2D eigenvalue weighted by molar-refractivity contribution is -0.385. The van der Waals surface area contributed by atoms with Gasteiger partial charge < -0.3 is 5.32 Å². The molecule has 6 heteroatoms. The normalized spacial score (nSPS) is 26.4. The third-order valence-corrected chi connectivity index (χ3v) is 5.19. The van der Waals surface area contributed by atoms with Crippen molar-refractivity contribution in [3.63, 3.8) is 0 Å². The fourth-order valence-corrected chi connectivity index (χ4v) is 3.02. The van der Waals surface area contributed by atoms with E-state index in [0.29, 0.717) is 33.7 Å². The van der Waals surface area contributed by atoms with Gasteiger partial charge in [0, 0.05) is 11.6 Å². The van der Waals surface area contributed by atoms with Crippen LogP contribution in [0.15, 0.2) is 10.7 Å². The van der Waals surface area contributed by atoms with E-state index in [1.165, 1.54) is 12.6 Å². The van der Waals surface area contributed by atoms with Crippen molar-refractivity contribution in [3.8, 4) is 0 Å². The van der Waals surface area contributed by atoms with Crippen LogP contribution in [0.25, 0.3) is 0 Å². The second-order valence-electron chi connectivity index (χ2n) is 5.35. The zero-order valence-corrected chi connectivity index (χ0v) is 12.9. The summed E-state index contributed by atoms with van der Waals surface area (Å²) in [6.45, 7) is 6.23. The Hall–Kier alpha value is -1.17. The lowest BCUT2D eigenvalue weighted by Crippen LogP contribution is -2.24. The topological polar surface area (TPSA) is 68.1 Å². The highest BCUT2D eigenvalue weighted by Crippen LogP contribution is 2.36. The van der Waals surface area contributed by atoms with E-state index in [4.69, 9.17) is 0 Å². The summed E-state index contributed by atoms with van der Waals surface area (Å²) in [4.78, 5) is 14.6. The zero-order chi connectivity index (χ0) is 14.2. The molecule has 1 saturated carbocycles. The molecule has 0 radical (unpaired) electrons. The number of hydrogen-bond donors (Lipinski definition) is 1. The third-order valence-electron chi connectivity index (χ3n) is 4.22. The monoisotopic (exact) mass is 327 g/mol. The summed E-state index contributed by atoms with van der Waals surface area (Å²) in [5.74, 6) is 1.99. The number of hydrogen-bond acceptors (Lipinski definition) is 4. The molecule has 5 nitrogen and oxygen atoms in total. The van der Waals surface area contributed by atoms with Crippen molar-refractivity contribution in [1.29, 1.82) is 0 Å². The molecule has 1 fully saturated rings. The molecule has 104 valence electrons. The first kappa shape index (κ1) is 14.2. The molecule has 1 aromatic rings. The van der Waals surface area contributed by atoms with Gasteiger partial charge in [-0.2, -0.15) is 0 Å². The molecule has 1 N–H and O–H groups in total. The molecule has 0 aromatic carbocycles. The van der Waals surface area contributed by atoms with Gasteiger partial charge in [-0.05, 0) is 47.5 Å². The summed E-state index contributed by atoms with van der Waals surface area (Å²) in [7, 11) is 0. The maximum atomic E-state index is 10.8. The Morgan fingerprint density at radius 3 is 2.68 bits per heavy atom. The van der Waals surface area contributed by atoms with Crippen molar-refractivity contribution < 1.29 is 4.92 Å². The minimum Gasteiger partial charge on any atom is -0.366 e. The van der Waals surface area contributed by atoms with E-state index in [-0.39, 0.29) is 5.69 Å². The van der Waals surface area contributed by atoms with Crippen LogP contribution < -0.4 is 5.32 Å². The van der Waals surface area contributed by atoms with Crippen LogP contribution in [0, 0.1) is 28.9 Å². The second kappa shape index (κ2) is 5.45. The van der Waals surface area contributed by atoms with Crippen LogP contribution in [0.2, 0.25) is 0 Å². The van der Waals surface area contributed by atoms with Gasteiger partial charge in [0.05, 0.1) is 9.40 Å². The molecule has 1 heterocycles. The van der Waals surface area contributed by atoms with Crippen LogP contribution in [0.1, 0.15) is 32.3 Å². The van der Waals surface area contributed by atoms with Crippen LogP contribution in [0.4, 0.5) is 11.5 Å². The molecule has 1 aliphatic rings. The molecule has 2 rings (SSSR count). The molecule has 3 atom stereocenters. The predicted molar refractivity (Wildman–Crippen MR) is 78.3 cm³/mol. The Morgan fingerprint density at radius 1 is 1.47 bits per heavy atom. The maximum Gasteiger partial charge on any atom is 0.291 e. The van der Waals surface area contributed by atoms with Gasteiger partial charge in [-0.25, -0.2) is 4.98 Å². The molecule has 1 aromatic heterocycles. The first-order valence-electron chi connectivity index (χ1n) is 6.47. The lowest BCUT2D eigenvalue weighted by Gasteiger charge is -2.21. The van der Waals surface area contributed by atoms with Gasteiger partial charge in [-0.15, -0.1) is 0 Å². The molecule has 1 aliphatic carbocycles. The van der Waals surface area contributed by atoms with Gasteiger partial charge in [-0.3, -0.25) is 10.1 Å². The predicted octanol–water partition coefficient (Wildman–Crippen LogP) is 3.91. The van der Waals surface area contributed by atoms with E-state index in [1.54, 1.807) is 6.92 Å². The van der Waals surface area contributed by atoms with Crippen molar-refractivity contribution >= 4 is 27.4 Å². The number of nitro groups is 1. The fourth-order valence-electron chi connectivity index (χ4n) is 2.60. The molecular weight excluding hydrogens is 310 g/mol. The number of anilines is 1. The van der Waals surface area contributed by atoms with Crippen LogP contribution in [-0.4, -0.2) is 15.9 Å². The smallest absolute Gasteiger partial charge is 0.291 e. The SMILES string of the molecule is Cc1c([N+](=O)[O-])cnc(NC2CCC(C)C2C)c1Br. The summed E-state index contributed by atoms with van der Waals surface area (Å²) in [6.07, 6.45) is 3.65. The summed E-state index contributed by atoms with van der Waals surface area (Å²) in [6, 6.07) is 0.389. The van der Waals surface area contributed by atoms with Gasteiger partial charge in [0.15, 0.2) is 0 Å². The van der Waals surface area contributed by atoms with E-state index in [1.807, 2.05) is 0 Å². The van der Waals surface area contributed by atoms with Crippen molar-refractivity contribution in [2.75, 3.05) is 5.32 Å². The Balaban J connectivity index is 2.23. The molecule has 19 heavy (non-hydrogen) atoms. The molecule has 0 amide bonds. The average molecular weight is 328 g/mol. The van der Waals surface area contributed by atoms with Gasteiger partial charge >= 0.3 is 0 Å². The molecular formula is C13H18BrN3O2. The van der Waals surface area contributed by atoms with Crippen LogP contribution in [0.5, 0.6) is 0 Å². The minimum atomic E-state index is -0.406. The summed E-state index contributed by atoms with van der Waals surface area (Å²) < 4.78 is 0.688. The molecule has 0 bridgehead atoms. The number of halogens is 1. The Morgan fingerprint density at radius 2 is 2.16 bits per heavy atom. The highest BCUT2D eigenvalue weighted by molar-refractivity contribution is 9.10.